The second kappa shape index (κ2) is 13.3. The smallest absolute Gasteiger partial charge is 0.289 e. The van der Waals surface area contributed by atoms with E-state index in [1.54, 1.807) is 12.1 Å². The van der Waals surface area contributed by atoms with Gasteiger partial charge in [-0.05, 0) is 65.6 Å². The summed E-state index contributed by atoms with van der Waals surface area (Å²) in [5, 5.41) is 13.1. The number of hydrogen-bond donors (Lipinski definition) is 0. The van der Waals surface area contributed by atoms with Gasteiger partial charge in [-0.15, -0.1) is 0 Å². The number of carbonyl (C=O) groups excluding carboxylic acids is 2. The number of nitriles is 1. The number of piperazine rings is 1. The third kappa shape index (κ3) is 5.87. The first-order valence-corrected chi connectivity index (χ1v) is 16.5. The number of benzene rings is 2. The van der Waals surface area contributed by atoms with Gasteiger partial charge in [0.1, 0.15) is 11.6 Å². The standard InChI is InChI=1S/C37H44N4O3/c1-3-4-12-30-26(2)33-14-8-7-13-31(30)35(39-18-20-40(21-19-39)37(43)34-15-9-22-44-34)32(24-38)36(42)41(33)25-27-16-17-28-10-5-6-11-29(28)23-27/h5-6,9-11,15-17,22-23,26,30-31,33H,3-4,7-8,12-14,18-21,25H2,1-2H3/b35-32+. The number of unbranched alkanes of at least 4 members (excludes halogenated alkanes) is 1. The van der Waals surface area contributed by atoms with Crippen molar-refractivity contribution < 1.29 is 14.0 Å². The Hall–Kier alpha value is -4.05. The number of rotatable bonds is 7. The number of nitrogens with zero attached hydrogens (tertiary/aromatic N) is 4. The van der Waals surface area contributed by atoms with Gasteiger partial charge in [0.15, 0.2) is 5.76 Å². The van der Waals surface area contributed by atoms with E-state index in [4.69, 9.17) is 4.42 Å². The third-order valence-corrected chi connectivity index (χ3v) is 10.4. The lowest BCUT2D eigenvalue weighted by Gasteiger charge is -2.49. The highest BCUT2D eigenvalue weighted by atomic mass is 16.3. The van der Waals surface area contributed by atoms with E-state index in [0.29, 0.717) is 55.9 Å². The van der Waals surface area contributed by atoms with Gasteiger partial charge < -0.3 is 19.1 Å². The van der Waals surface area contributed by atoms with Crippen LogP contribution in [0.5, 0.6) is 0 Å². The third-order valence-electron chi connectivity index (χ3n) is 10.4. The Labute approximate surface area is 261 Å². The zero-order chi connectivity index (χ0) is 30.6. The Balaban J connectivity index is 1.38. The minimum atomic E-state index is -0.137. The summed E-state index contributed by atoms with van der Waals surface area (Å²) in [5.41, 5.74) is 2.33. The minimum Gasteiger partial charge on any atom is -0.459 e. The fraction of sp³-hybridized carbons (Fsp3) is 0.486. The summed E-state index contributed by atoms with van der Waals surface area (Å²) in [4.78, 5) is 33.8. The fourth-order valence-corrected chi connectivity index (χ4v) is 8.05. The molecule has 1 saturated heterocycles. The van der Waals surface area contributed by atoms with Crippen LogP contribution in [0.1, 0.15) is 74.9 Å². The van der Waals surface area contributed by atoms with Crippen LogP contribution < -0.4 is 0 Å². The van der Waals surface area contributed by atoms with E-state index in [-0.39, 0.29) is 23.8 Å². The van der Waals surface area contributed by atoms with Crippen molar-refractivity contribution in [1.29, 1.82) is 5.26 Å². The fourth-order valence-electron chi connectivity index (χ4n) is 8.05. The Morgan fingerprint density at radius 1 is 1.00 bits per heavy atom. The largest absolute Gasteiger partial charge is 0.459 e. The molecule has 7 heteroatoms. The van der Waals surface area contributed by atoms with Crippen LogP contribution >= 0.6 is 0 Å². The topological polar surface area (TPSA) is 80.8 Å². The Kier molecular flexibility index (Phi) is 9.07. The lowest BCUT2D eigenvalue weighted by molar-refractivity contribution is -0.133. The van der Waals surface area contributed by atoms with Crippen molar-refractivity contribution in [1.82, 2.24) is 14.7 Å². The number of furan rings is 1. The van der Waals surface area contributed by atoms with E-state index < -0.39 is 0 Å². The second-order valence-electron chi connectivity index (χ2n) is 12.9. The summed E-state index contributed by atoms with van der Waals surface area (Å²) in [5.74, 6) is 0.959. The maximum atomic E-state index is 14.6. The molecule has 7 nitrogen and oxygen atoms in total. The molecule has 2 aromatic carbocycles. The van der Waals surface area contributed by atoms with E-state index in [2.05, 4.69) is 55.1 Å². The monoisotopic (exact) mass is 592 g/mol. The van der Waals surface area contributed by atoms with Crippen LogP contribution in [0.15, 0.2) is 76.5 Å². The molecule has 44 heavy (non-hydrogen) atoms. The first-order valence-electron chi connectivity index (χ1n) is 16.5. The van der Waals surface area contributed by atoms with Crippen LogP contribution in [0.3, 0.4) is 0 Å². The molecule has 3 aliphatic rings. The van der Waals surface area contributed by atoms with Crippen LogP contribution in [-0.2, 0) is 11.3 Å². The van der Waals surface area contributed by atoms with Crippen LogP contribution in [0.4, 0.5) is 0 Å². The molecule has 3 aromatic rings. The molecule has 0 spiro atoms. The van der Waals surface area contributed by atoms with E-state index in [1.165, 1.54) is 11.6 Å². The molecule has 3 heterocycles. The Morgan fingerprint density at radius 2 is 1.77 bits per heavy atom. The molecular formula is C37H44N4O3. The normalized spacial score (nSPS) is 26.2. The highest BCUT2D eigenvalue weighted by Gasteiger charge is 2.45. The quantitative estimate of drug-likeness (QED) is 0.295. The minimum absolute atomic E-state index is 0.0892. The van der Waals surface area contributed by atoms with Gasteiger partial charge in [0, 0.05) is 50.4 Å². The zero-order valence-corrected chi connectivity index (χ0v) is 26.1. The highest BCUT2D eigenvalue weighted by molar-refractivity contribution is 5.98. The molecule has 230 valence electrons. The van der Waals surface area contributed by atoms with Gasteiger partial charge in [-0.25, -0.2) is 0 Å². The summed E-state index contributed by atoms with van der Waals surface area (Å²) in [6.07, 6.45) is 9.01. The summed E-state index contributed by atoms with van der Waals surface area (Å²) in [6.45, 7) is 7.35. The van der Waals surface area contributed by atoms with Gasteiger partial charge in [0.25, 0.3) is 11.8 Å². The van der Waals surface area contributed by atoms with Crippen molar-refractivity contribution in [3.63, 3.8) is 0 Å². The molecule has 2 fully saturated rings. The van der Waals surface area contributed by atoms with Gasteiger partial charge in [0.2, 0.25) is 0 Å². The highest BCUT2D eigenvalue weighted by Crippen LogP contribution is 2.45. The molecule has 2 amide bonds. The first kappa shape index (κ1) is 30.0. The van der Waals surface area contributed by atoms with Crippen LogP contribution in [0, 0.1) is 29.1 Å². The number of carbonyl (C=O) groups is 2. The predicted molar refractivity (Wildman–Crippen MR) is 171 cm³/mol. The van der Waals surface area contributed by atoms with E-state index in [1.807, 2.05) is 21.9 Å². The SMILES string of the molecule is CCCCC1C2CCCCC(C1C)N(Cc1ccc3ccccc3c1)C(=O)/C(C#N)=C\2N1CCN(C(=O)c2ccco2)CC1. The van der Waals surface area contributed by atoms with Crippen LogP contribution in [0.2, 0.25) is 0 Å². The number of amides is 2. The number of fused-ring (bicyclic) bond motifs is 4. The van der Waals surface area contributed by atoms with Gasteiger partial charge in [-0.3, -0.25) is 9.59 Å². The maximum absolute atomic E-state index is 14.6. The van der Waals surface area contributed by atoms with Crippen molar-refractivity contribution in [3.8, 4) is 6.07 Å². The van der Waals surface area contributed by atoms with Gasteiger partial charge >= 0.3 is 0 Å². The second-order valence-corrected chi connectivity index (χ2v) is 12.9. The summed E-state index contributed by atoms with van der Waals surface area (Å²) in [6, 6.07) is 20.8. The molecular weight excluding hydrogens is 548 g/mol. The molecule has 1 aliphatic carbocycles. The average molecular weight is 593 g/mol. The van der Waals surface area contributed by atoms with Gasteiger partial charge in [-0.2, -0.15) is 5.26 Å². The van der Waals surface area contributed by atoms with Crippen LogP contribution in [0.25, 0.3) is 10.8 Å². The van der Waals surface area contributed by atoms with E-state index in [0.717, 1.165) is 61.6 Å². The zero-order valence-electron chi connectivity index (χ0n) is 26.1. The van der Waals surface area contributed by atoms with Gasteiger partial charge in [0.05, 0.1) is 6.26 Å². The van der Waals surface area contributed by atoms with E-state index in [9.17, 15) is 14.9 Å². The average Bonchev–Trinajstić information content (AvgIpc) is 3.59. The predicted octanol–water partition coefficient (Wildman–Crippen LogP) is 7.01. The Morgan fingerprint density at radius 3 is 2.50 bits per heavy atom. The van der Waals surface area contributed by atoms with Crippen molar-refractivity contribution in [3.05, 3.63) is 83.5 Å². The number of hydrogen-bond acceptors (Lipinski definition) is 5. The summed E-state index contributed by atoms with van der Waals surface area (Å²) in [7, 11) is 0. The molecule has 0 N–H and O–H groups in total. The van der Waals surface area contributed by atoms with Crippen molar-refractivity contribution in [2.45, 2.75) is 71.4 Å². The summed E-state index contributed by atoms with van der Waals surface area (Å²) >= 11 is 0. The lowest BCUT2D eigenvalue weighted by atomic mass is 9.67. The van der Waals surface area contributed by atoms with Crippen molar-refractivity contribution >= 4 is 22.6 Å². The molecule has 1 saturated carbocycles. The Bertz CT molecular complexity index is 1550. The molecule has 4 unspecified atom stereocenters. The van der Waals surface area contributed by atoms with E-state index >= 15 is 0 Å². The van der Waals surface area contributed by atoms with Crippen molar-refractivity contribution in [2.24, 2.45) is 17.8 Å². The van der Waals surface area contributed by atoms with Gasteiger partial charge in [-0.1, -0.05) is 75.9 Å². The first-order chi connectivity index (χ1) is 21.5. The van der Waals surface area contributed by atoms with Crippen LogP contribution in [-0.4, -0.2) is 58.7 Å². The van der Waals surface area contributed by atoms with Crippen molar-refractivity contribution in [2.75, 3.05) is 26.2 Å². The molecule has 2 bridgehead atoms. The molecule has 1 aromatic heterocycles. The molecule has 6 rings (SSSR count). The molecule has 0 radical (unpaired) electrons. The number of allylic oxidation sites excluding steroid dienone is 1. The summed E-state index contributed by atoms with van der Waals surface area (Å²) < 4.78 is 5.38. The lowest BCUT2D eigenvalue weighted by Crippen LogP contribution is -2.54. The molecule has 4 atom stereocenters. The maximum Gasteiger partial charge on any atom is 0.289 e. The molecule has 2 aliphatic heterocycles.